The van der Waals surface area contributed by atoms with Crippen LogP contribution in [0.25, 0.3) is 0 Å². The average molecular weight is 178 g/mol. The smallest absolute Gasteiger partial charge is 0.248 e. The number of carbonyl (C=O) groups excluding carboxylic acids is 1. The Morgan fingerprint density at radius 1 is 1.31 bits per heavy atom. The average Bonchev–Trinajstić information content (AvgIpc) is 2.15. The fourth-order valence-electron chi connectivity index (χ4n) is 1.27. The quantitative estimate of drug-likeness (QED) is 0.711. The van der Waals surface area contributed by atoms with Crippen LogP contribution in [0.2, 0.25) is 0 Å². The second-order valence-corrected chi connectivity index (χ2v) is 2.91. The van der Waals surface area contributed by atoms with Crippen molar-refractivity contribution in [3.63, 3.8) is 0 Å². The SMILES string of the molecule is NCCCc1ccccc1C(N)=O. The summed E-state index contributed by atoms with van der Waals surface area (Å²) in [7, 11) is 0. The van der Waals surface area contributed by atoms with E-state index in [0.29, 0.717) is 12.1 Å². The van der Waals surface area contributed by atoms with E-state index in [0.717, 1.165) is 18.4 Å². The molecule has 4 N–H and O–H groups in total. The molecule has 0 bridgehead atoms. The minimum absolute atomic E-state index is 0.368. The molecule has 1 amide bonds. The van der Waals surface area contributed by atoms with Gasteiger partial charge in [-0.15, -0.1) is 0 Å². The van der Waals surface area contributed by atoms with Crippen LogP contribution < -0.4 is 11.5 Å². The van der Waals surface area contributed by atoms with Crippen LogP contribution in [-0.2, 0) is 6.42 Å². The van der Waals surface area contributed by atoms with E-state index >= 15 is 0 Å². The molecule has 0 aliphatic rings. The maximum Gasteiger partial charge on any atom is 0.248 e. The van der Waals surface area contributed by atoms with Gasteiger partial charge in [-0.25, -0.2) is 0 Å². The maximum absolute atomic E-state index is 11.0. The van der Waals surface area contributed by atoms with E-state index in [9.17, 15) is 4.79 Å². The van der Waals surface area contributed by atoms with Crippen molar-refractivity contribution in [2.24, 2.45) is 11.5 Å². The van der Waals surface area contributed by atoms with Gasteiger partial charge >= 0.3 is 0 Å². The number of primary amides is 1. The molecule has 0 atom stereocenters. The van der Waals surface area contributed by atoms with Crippen molar-refractivity contribution in [1.82, 2.24) is 0 Å². The lowest BCUT2D eigenvalue weighted by Gasteiger charge is -2.04. The number of aryl methyl sites for hydroxylation is 1. The second kappa shape index (κ2) is 4.62. The molecule has 1 rings (SSSR count). The van der Waals surface area contributed by atoms with Crippen LogP contribution in [-0.4, -0.2) is 12.5 Å². The number of rotatable bonds is 4. The molecular weight excluding hydrogens is 164 g/mol. The minimum Gasteiger partial charge on any atom is -0.366 e. The van der Waals surface area contributed by atoms with Gasteiger partial charge in [0.2, 0.25) is 5.91 Å². The van der Waals surface area contributed by atoms with Crippen molar-refractivity contribution in [2.45, 2.75) is 12.8 Å². The molecule has 0 fully saturated rings. The summed E-state index contributed by atoms with van der Waals surface area (Å²) in [6.07, 6.45) is 1.69. The summed E-state index contributed by atoms with van der Waals surface area (Å²) in [4.78, 5) is 11.0. The van der Waals surface area contributed by atoms with Gasteiger partial charge in [-0.1, -0.05) is 18.2 Å². The van der Waals surface area contributed by atoms with Crippen molar-refractivity contribution in [3.8, 4) is 0 Å². The highest BCUT2D eigenvalue weighted by molar-refractivity contribution is 5.94. The largest absolute Gasteiger partial charge is 0.366 e. The van der Waals surface area contributed by atoms with Crippen molar-refractivity contribution in [2.75, 3.05) is 6.54 Å². The van der Waals surface area contributed by atoms with Crippen LogP contribution in [0, 0.1) is 0 Å². The Morgan fingerprint density at radius 2 is 2.00 bits per heavy atom. The Balaban J connectivity index is 2.84. The normalized spacial score (nSPS) is 9.92. The zero-order valence-corrected chi connectivity index (χ0v) is 7.49. The summed E-state index contributed by atoms with van der Waals surface area (Å²) in [6.45, 7) is 0.632. The Morgan fingerprint density at radius 3 is 2.62 bits per heavy atom. The second-order valence-electron chi connectivity index (χ2n) is 2.91. The molecule has 1 aromatic rings. The zero-order valence-electron chi connectivity index (χ0n) is 7.49. The van der Waals surface area contributed by atoms with Crippen molar-refractivity contribution in [3.05, 3.63) is 35.4 Å². The predicted octanol–water partition coefficient (Wildman–Crippen LogP) is 0.677. The van der Waals surface area contributed by atoms with Gasteiger partial charge in [-0.3, -0.25) is 4.79 Å². The topological polar surface area (TPSA) is 69.1 Å². The van der Waals surface area contributed by atoms with Gasteiger partial charge in [0.15, 0.2) is 0 Å². The van der Waals surface area contributed by atoms with E-state index in [4.69, 9.17) is 11.5 Å². The monoisotopic (exact) mass is 178 g/mol. The fourth-order valence-corrected chi connectivity index (χ4v) is 1.27. The third-order valence-electron chi connectivity index (χ3n) is 1.93. The van der Waals surface area contributed by atoms with Gasteiger partial charge in [0.1, 0.15) is 0 Å². The molecule has 1 aromatic carbocycles. The summed E-state index contributed by atoms with van der Waals surface area (Å²) in [5.74, 6) is -0.368. The Bertz CT molecular complexity index is 297. The summed E-state index contributed by atoms with van der Waals surface area (Å²) >= 11 is 0. The molecule has 70 valence electrons. The van der Waals surface area contributed by atoms with Gasteiger partial charge < -0.3 is 11.5 Å². The molecule has 3 nitrogen and oxygen atoms in total. The zero-order chi connectivity index (χ0) is 9.68. The van der Waals surface area contributed by atoms with Crippen molar-refractivity contribution in [1.29, 1.82) is 0 Å². The van der Waals surface area contributed by atoms with E-state index in [1.165, 1.54) is 0 Å². The molecule has 0 spiro atoms. The minimum atomic E-state index is -0.368. The van der Waals surface area contributed by atoms with Crippen LogP contribution in [0.4, 0.5) is 0 Å². The first-order valence-corrected chi connectivity index (χ1v) is 4.33. The summed E-state index contributed by atoms with van der Waals surface area (Å²) in [5, 5.41) is 0. The number of hydrogen-bond acceptors (Lipinski definition) is 2. The van der Waals surface area contributed by atoms with E-state index in [2.05, 4.69) is 0 Å². The van der Waals surface area contributed by atoms with E-state index in [1.54, 1.807) is 6.07 Å². The molecule has 0 aliphatic heterocycles. The molecule has 0 saturated heterocycles. The summed E-state index contributed by atoms with van der Waals surface area (Å²) in [6, 6.07) is 7.37. The van der Waals surface area contributed by atoms with Gasteiger partial charge in [0.25, 0.3) is 0 Å². The van der Waals surface area contributed by atoms with Gasteiger partial charge in [-0.05, 0) is 31.0 Å². The Labute approximate surface area is 77.7 Å². The van der Waals surface area contributed by atoms with E-state index < -0.39 is 0 Å². The number of nitrogens with two attached hydrogens (primary N) is 2. The van der Waals surface area contributed by atoms with Crippen molar-refractivity contribution < 1.29 is 4.79 Å². The molecular formula is C10H14N2O. The number of benzene rings is 1. The lowest BCUT2D eigenvalue weighted by molar-refractivity contribution is 0.0999. The summed E-state index contributed by atoms with van der Waals surface area (Å²) < 4.78 is 0. The Hall–Kier alpha value is -1.35. The van der Waals surface area contributed by atoms with Gasteiger partial charge in [0.05, 0.1) is 0 Å². The number of amides is 1. The number of hydrogen-bond donors (Lipinski definition) is 2. The van der Waals surface area contributed by atoms with E-state index in [-0.39, 0.29) is 5.91 Å². The van der Waals surface area contributed by atoms with Gasteiger partial charge in [-0.2, -0.15) is 0 Å². The first kappa shape index (κ1) is 9.74. The fraction of sp³-hybridized carbons (Fsp3) is 0.300. The maximum atomic E-state index is 11.0. The van der Waals surface area contributed by atoms with Crippen LogP contribution in [0.1, 0.15) is 22.3 Å². The van der Waals surface area contributed by atoms with E-state index in [1.807, 2.05) is 18.2 Å². The molecule has 0 aromatic heterocycles. The molecule has 0 unspecified atom stereocenters. The lowest BCUT2D eigenvalue weighted by Crippen LogP contribution is -2.14. The first-order chi connectivity index (χ1) is 6.25. The third kappa shape index (κ3) is 2.56. The highest BCUT2D eigenvalue weighted by Crippen LogP contribution is 2.09. The highest BCUT2D eigenvalue weighted by Gasteiger charge is 2.05. The summed E-state index contributed by atoms with van der Waals surface area (Å²) in [5.41, 5.74) is 12.2. The molecule has 13 heavy (non-hydrogen) atoms. The lowest BCUT2D eigenvalue weighted by atomic mass is 10.0. The van der Waals surface area contributed by atoms with Crippen LogP contribution in [0.5, 0.6) is 0 Å². The van der Waals surface area contributed by atoms with Crippen LogP contribution in [0.15, 0.2) is 24.3 Å². The first-order valence-electron chi connectivity index (χ1n) is 4.33. The standard InChI is InChI=1S/C10H14N2O/c11-7-3-5-8-4-1-2-6-9(8)10(12)13/h1-2,4,6H,3,5,7,11H2,(H2,12,13). The number of carbonyl (C=O) groups is 1. The van der Waals surface area contributed by atoms with Crippen LogP contribution >= 0.6 is 0 Å². The van der Waals surface area contributed by atoms with Gasteiger partial charge in [0, 0.05) is 5.56 Å². The molecule has 0 radical (unpaired) electrons. The molecule has 0 heterocycles. The highest BCUT2D eigenvalue weighted by atomic mass is 16.1. The molecule has 0 saturated carbocycles. The Kier molecular flexibility index (Phi) is 3.46. The third-order valence-corrected chi connectivity index (χ3v) is 1.93. The molecule has 0 aliphatic carbocycles. The molecule has 3 heteroatoms. The van der Waals surface area contributed by atoms with Crippen LogP contribution in [0.3, 0.4) is 0 Å². The van der Waals surface area contributed by atoms with Crippen molar-refractivity contribution >= 4 is 5.91 Å². The predicted molar refractivity (Wildman–Crippen MR) is 52.3 cm³/mol.